The molecule has 0 aliphatic heterocycles. The molecule has 0 aromatic heterocycles. The first kappa shape index (κ1) is 31.7. The second-order valence-electron chi connectivity index (χ2n) is 9.01. The smallest absolute Gasteiger partial charge is 0.341 e. The number of hydrogen-bond donors (Lipinski definition) is 6. The molecule has 3 rings (SSSR count). The van der Waals surface area contributed by atoms with Gasteiger partial charge in [-0.1, -0.05) is 16.8 Å². The number of carboxylic acid groups (broad SMARTS) is 1. The Morgan fingerprint density at radius 3 is 2.38 bits per heavy atom. The predicted molar refractivity (Wildman–Crippen MR) is 154 cm³/mol. The third-order valence-electron chi connectivity index (χ3n) is 5.51. The standard InChI is InChI=1S/C28H32N4O7.ClH/c1-16(2)39-24-12-18(14-33)11-20(26(24)38-15-25(34)35)13-30-23-9-4-17(3)10-22(23)28(36)31-21-7-5-19(6-8-21)27(29)32-37;/h4-12,16,30,33,37H,13-15H2,1-3H3,(H2,29,32)(H,31,36)(H,34,35);1H. The first-order valence-electron chi connectivity index (χ1n) is 12.1. The summed E-state index contributed by atoms with van der Waals surface area (Å²) >= 11 is 0. The summed E-state index contributed by atoms with van der Waals surface area (Å²) in [4.78, 5) is 24.4. The van der Waals surface area contributed by atoms with Crippen molar-refractivity contribution in [3.63, 3.8) is 0 Å². The number of halogens is 1. The van der Waals surface area contributed by atoms with Crippen molar-refractivity contribution in [2.24, 2.45) is 10.9 Å². The van der Waals surface area contributed by atoms with E-state index in [1.54, 1.807) is 48.5 Å². The number of anilines is 2. The van der Waals surface area contributed by atoms with Gasteiger partial charge in [-0.2, -0.15) is 0 Å². The molecule has 12 heteroatoms. The number of carbonyl (C=O) groups is 2. The van der Waals surface area contributed by atoms with E-state index in [-0.39, 0.29) is 49.2 Å². The summed E-state index contributed by atoms with van der Waals surface area (Å²) in [5.41, 5.74) is 9.48. The van der Waals surface area contributed by atoms with Gasteiger partial charge in [-0.3, -0.25) is 4.79 Å². The summed E-state index contributed by atoms with van der Waals surface area (Å²) < 4.78 is 11.4. The van der Waals surface area contributed by atoms with Gasteiger partial charge in [0, 0.05) is 29.0 Å². The minimum Gasteiger partial charge on any atom is -0.487 e. The fourth-order valence-corrected chi connectivity index (χ4v) is 3.76. The number of aliphatic hydroxyl groups excluding tert-OH is 1. The van der Waals surface area contributed by atoms with Gasteiger partial charge < -0.3 is 41.3 Å². The Balaban J connectivity index is 0.00000560. The molecule has 3 aromatic rings. The molecule has 0 atom stereocenters. The molecular weight excluding hydrogens is 540 g/mol. The number of carboxylic acids is 1. The molecular formula is C28H33ClN4O7. The summed E-state index contributed by atoms with van der Waals surface area (Å²) in [5.74, 6) is -1.01. The van der Waals surface area contributed by atoms with E-state index in [4.69, 9.17) is 25.5 Å². The monoisotopic (exact) mass is 572 g/mol. The van der Waals surface area contributed by atoms with Crippen LogP contribution in [0, 0.1) is 6.92 Å². The van der Waals surface area contributed by atoms with Crippen molar-refractivity contribution in [3.8, 4) is 11.5 Å². The normalized spacial score (nSPS) is 11.0. The van der Waals surface area contributed by atoms with Gasteiger partial charge in [0.05, 0.1) is 18.3 Å². The van der Waals surface area contributed by atoms with Crippen molar-refractivity contribution in [1.82, 2.24) is 0 Å². The molecule has 0 spiro atoms. The van der Waals surface area contributed by atoms with E-state index in [2.05, 4.69) is 15.8 Å². The lowest BCUT2D eigenvalue weighted by Gasteiger charge is -2.20. The Hall–Kier alpha value is -4.48. The van der Waals surface area contributed by atoms with Crippen LogP contribution in [0.25, 0.3) is 0 Å². The van der Waals surface area contributed by atoms with Gasteiger partial charge in [-0.15, -0.1) is 12.4 Å². The molecule has 3 aromatic carbocycles. The highest BCUT2D eigenvalue weighted by molar-refractivity contribution is 6.08. The van der Waals surface area contributed by atoms with E-state index in [0.717, 1.165) is 5.56 Å². The number of nitrogens with one attached hydrogen (secondary N) is 2. The highest BCUT2D eigenvalue weighted by Gasteiger charge is 2.18. The van der Waals surface area contributed by atoms with Crippen LogP contribution in [0.2, 0.25) is 0 Å². The van der Waals surface area contributed by atoms with Crippen molar-refractivity contribution in [2.45, 2.75) is 40.0 Å². The van der Waals surface area contributed by atoms with E-state index >= 15 is 0 Å². The molecule has 0 heterocycles. The predicted octanol–water partition coefficient (Wildman–Crippen LogP) is 4.12. The molecule has 40 heavy (non-hydrogen) atoms. The second kappa shape index (κ2) is 14.6. The molecule has 11 nitrogen and oxygen atoms in total. The van der Waals surface area contributed by atoms with Gasteiger partial charge in [0.15, 0.2) is 23.9 Å². The Bertz CT molecular complexity index is 1360. The maximum atomic E-state index is 13.2. The number of carbonyl (C=O) groups excluding carboxylic acids is 1. The minimum atomic E-state index is -1.15. The summed E-state index contributed by atoms with van der Waals surface area (Å²) in [5, 5.41) is 36.8. The van der Waals surface area contributed by atoms with Gasteiger partial charge >= 0.3 is 5.97 Å². The number of rotatable bonds is 12. The molecule has 0 aliphatic rings. The second-order valence-corrected chi connectivity index (χ2v) is 9.01. The van der Waals surface area contributed by atoms with Gasteiger partial charge in [-0.25, -0.2) is 4.79 Å². The molecule has 214 valence electrons. The van der Waals surface area contributed by atoms with Crippen molar-refractivity contribution in [1.29, 1.82) is 0 Å². The molecule has 0 fully saturated rings. The van der Waals surface area contributed by atoms with Crippen LogP contribution < -0.4 is 25.8 Å². The van der Waals surface area contributed by atoms with Crippen LogP contribution in [-0.2, 0) is 17.9 Å². The number of ether oxygens (including phenoxy) is 2. The van der Waals surface area contributed by atoms with Gasteiger partial charge in [0.25, 0.3) is 5.91 Å². The first-order valence-corrected chi connectivity index (χ1v) is 12.1. The number of hydrogen-bond acceptors (Lipinski definition) is 8. The number of amidine groups is 1. The van der Waals surface area contributed by atoms with Crippen LogP contribution in [0.3, 0.4) is 0 Å². The fraction of sp³-hybridized carbons (Fsp3) is 0.250. The van der Waals surface area contributed by atoms with Crippen LogP contribution in [0.1, 0.15) is 46.5 Å². The number of amides is 1. The molecule has 0 radical (unpaired) electrons. The van der Waals surface area contributed by atoms with E-state index in [0.29, 0.717) is 39.4 Å². The summed E-state index contributed by atoms with van der Waals surface area (Å²) in [6, 6.07) is 15.2. The fourth-order valence-electron chi connectivity index (χ4n) is 3.76. The zero-order chi connectivity index (χ0) is 28.5. The molecule has 1 amide bonds. The largest absolute Gasteiger partial charge is 0.487 e. The van der Waals surface area contributed by atoms with Crippen molar-refractivity contribution in [2.75, 3.05) is 17.2 Å². The third kappa shape index (κ3) is 8.52. The maximum Gasteiger partial charge on any atom is 0.341 e. The zero-order valence-corrected chi connectivity index (χ0v) is 23.1. The van der Waals surface area contributed by atoms with Gasteiger partial charge in [-0.05, 0) is 74.9 Å². The SMILES string of the molecule is Cc1ccc(NCc2cc(CO)cc(OC(C)C)c2OCC(=O)O)c(C(=O)Nc2ccc(C(N)=NO)cc2)c1.Cl. The van der Waals surface area contributed by atoms with E-state index < -0.39 is 12.6 Å². The topological polar surface area (TPSA) is 176 Å². The third-order valence-corrected chi connectivity index (χ3v) is 5.51. The number of aliphatic carboxylic acids is 1. The van der Waals surface area contributed by atoms with Crippen LogP contribution in [0.5, 0.6) is 11.5 Å². The van der Waals surface area contributed by atoms with Crippen molar-refractivity contribution >= 4 is 41.5 Å². The molecule has 0 unspecified atom stereocenters. The quantitative estimate of drug-likeness (QED) is 0.0806. The molecule has 7 N–H and O–H groups in total. The Labute approximate surface area is 238 Å². The highest BCUT2D eigenvalue weighted by atomic mass is 35.5. The number of nitrogens with zero attached hydrogens (tertiary/aromatic N) is 1. The number of aryl methyl sites for hydroxylation is 1. The van der Waals surface area contributed by atoms with Gasteiger partial charge in [0.1, 0.15) is 0 Å². The Kier molecular flexibility index (Phi) is 11.6. The summed E-state index contributed by atoms with van der Waals surface area (Å²) in [6.45, 7) is 4.83. The van der Waals surface area contributed by atoms with Crippen LogP contribution in [0.4, 0.5) is 11.4 Å². The average molecular weight is 573 g/mol. The van der Waals surface area contributed by atoms with Crippen molar-refractivity contribution in [3.05, 3.63) is 82.4 Å². The number of aliphatic hydroxyl groups is 1. The molecule has 0 saturated heterocycles. The van der Waals surface area contributed by atoms with E-state index in [9.17, 15) is 14.7 Å². The first-order chi connectivity index (χ1) is 18.6. The molecule has 0 saturated carbocycles. The van der Waals surface area contributed by atoms with Gasteiger partial charge in [0.2, 0.25) is 0 Å². The zero-order valence-electron chi connectivity index (χ0n) is 22.3. The van der Waals surface area contributed by atoms with E-state index in [1.165, 1.54) is 0 Å². The molecule has 0 aliphatic carbocycles. The lowest BCUT2D eigenvalue weighted by molar-refractivity contribution is -0.139. The van der Waals surface area contributed by atoms with Crippen LogP contribution in [-0.4, -0.2) is 45.8 Å². The summed E-state index contributed by atoms with van der Waals surface area (Å²) in [6.07, 6.45) is -0.222. The lowest BCUT2D eigenvalue weighted by Crippen LogP contribution is -2.17. The lowest BCUT2D eigenvalue weighted by atomic mass is 10.1. The maximum absolute atomic E-state index is 13.2. The summed E-state index contributed by atoms with van der Waals surface area (Å²) in [7, 11) is 0. The number of benzene rings is 3. The Morgan fingerprint density at radius 1 is 1.07 bits per heavy atom. The van der Waals surface area contributed by atoms with E-state index in [1.807, 2.05) is 26.8 Å². The van der Waals surface area contributed by atoms with Crippen molar-refractivity contribution < 1.29 is 34.5 Å². The van der Waals surface area contributed by atoms with Crippen LogP contribution in [0.15, 0.2) is 59.8 Å². The average Bonchev–Trinajstić information content (AvgIpc) is 2.90. The van der Waals surface area contributed by atoms with Crippen LogP contribution >= 0.6 is 12.4 Å². The number of nitrogens with two attached hydrogens (primary N) is 1. The highest BCUT2D eigenvalue weighted by Crippen LogP contribution is 2.35. The molecule has 0 bridgehead atoms. The Morgan fingerprint density at radius 2 is 1.77 bits per heavy atom. The minimum absolute atomic E-state index is 0. The number of oxime groups is 1.